The van der Waals surface area contributed by atoms with Crippen molar-refractivity contribution in [2.75, 3.05) is 45.5 Å². The van der Waals surface area contributed by atoms with E-state index >= 15 is 0 Å². The number of nitrogens with zero attached hydrogens (tertiary/aromatic N) is 1. The van der Waals surface area contributed by atoms with Gasteiger partial charge < -0.3 is 23.9 Å². The van der Waals surface area contributed by atoms with Gasteiger partial charge in [-0.1, -0.05) is 0 Å². The molecule has 136 valence electrons. The number of rotatable bonds is 9. The lowest BCUT2D eigenvalue weighted by molar-refractivity contribution is 0.0164. The average Bonchev–Trinajstić information content (AvgIpc) is 3.01. The van der Waals surface area contributed by atoms with E-state index in [-0.39, 0.29) is 12.6 Å². The second-order valence-corrected chi connectivity index (χ2v) is 4.88. The summed E-state index contributed by atoms with van der Waals surface area (Å²) in [6, 6.07) is 4.86. The molecule has 2 aromatic rings. The zero-order chi connectivity index (χ0) is 18.1. The molecule has 2 N–H and O–H groups in total. The monoisotopic (exact) mass is 351 g/mol. The zero-order valence-electron chi connectivity index (χ0n) is 14.2. The van der Waals surface area contributed by atoms with Crippen molar-refractivity contribution in [3.8, 4) is 0 Å². The van der Waals surface area contributed by atoms with Crippen molar-refractivity contribution in [2.45, 2.75) is 6.92 Å². The van der Waals surface area contributed by atoms with Gasteiger partial charge in [-0.25, -0.2) is 14.6 Å². The van der Waals surface area contributed by atoms with Crippen LogP contribution in [0.3, 0.4) is 0 Å². The Morgan fingerprint density at radius 1 is 1.16 bits per heavy atom. The smallest absolute Gasteiger partial charge is 0.413 e. The fraction of sp³-hybridized carbons (Fsp3) is 0.438. The lowest BCUT2D eigenvalue weighted by Crippen LogP contribution is -2.13. The Morgan fingerprint density at radius 2 is 1.92 bits per heavy atom. The number of fused-ring (bicyclic) bond motifs is 1. The number of H-pyrrole nitrogens is 1. The number of methoxy groups -OCH3 is 1. The molecule has 0 radical (unpaired) electrons. The molecule has 9 nitrogen and oxygen atoms in total. The van der Waals surface area contributed by atoms with Crippen LogP contribution in [0.2, 0.25) is 0 Å². The lowest BCUT2D eigenvalue weighted by atomic mass is 10.2. The average molecular weight is 351 g/mol. The first kappa shape index (κ1) is 18.7. The fourth-order valence-electron chi connectivity index (χ4n) is 1.98. The van der Waals surface area contributed by atoms with Crippen molar-refractivity contribution in [3.63, 3.8) is 0 Å². The van der Waals surface area contributed by atoms with Crippen molar-refractivity contribution >= 4 is 29.0 Å². The van der Waals surface area contributed by atoms with Crippen molar-refractivity contribution in [2.24, 2.45) is 0 Å². The summed E-state index contributed by atoms with van der Waals surface area (Å²) in [5.41, 5.74) is 1.56. The van der Waals surface area contributed by atoms with Crippen LogP contribution in [0.4, 0.5) is 10.7 Å². The molecule has 9 heteroatoms. The van der Waals surface area contributed by atoms with Crippen molar-refractivity contribution in [1.82, 2.24) is 9.97 Å². The first-order chi connectivity index (χ1) is 12.1. The van der Waals surface area contributed by atoms with Crippen LogP contribution in [0.5, 0.6) is 0 Å². The molecule has 0 saturated heterocycles. The molecule has 0 atom stereocenters. The van der Waals surface area contributed by atoms with E-state index in [0.29, 0.717) is 43.0 Å². The maximum Gasteiger partial charge on any atom is 0.413 e. The van der Waals surface area contributed by atoms with Gasteiger partial charge in [0.15, 0.2) is 0 Å². The third kappa shape index (κ3) is 5.73. The number of hydrogen-bond donors (Lipinski definition) is 2. The Morgan fingerprint density at radius 3 is 2.68 bits per heavy atom. The maximum absolute atomic E-state index is 12.0. The van der Waals surface area contributed by atoms with Gasteiger partial charge in [-0.3, -0.25) is 5.32 Å². The molecule has 1 aromatic heterocycles. The fourth-order valence-corrected chi connectivity index (χ4v) is 1.98. The number of benzene rings is 1. The summed E-state index contributed by atoms with van der Waals surface area (Å²) in [4.78, 5) is 30.2. The standard InChI is InChI=1S/C16H21N3O6/c1-3-23-6-7-24-8-9-25-14(20)11-4-5-12-13(10-11)18-15(17-12)19-16(21)22-2/h4-5,10H,3,6-9H2,1-2H3,(H2,17,18,19,21). The number of carbonyl (C=O) groups is 2. The Balaban J connectivity index is 1.85. The molecule has 0 unspecified atom stereocenters. The van der Waals surface area contributed by atoms with E-state index in [1.165, 1.54) is 7.11 Å². The first-order valence-corrected chi connectivity index (χ1v) is 7.81. The van der Waals surface area contributed by atoms with Crippen molar-refractivity contribution in [1.29, 1.82) is 0 Å². The molecule has 0 aliphatic heterocycles. The molecular weight excluding hydrogens is 330 g/mol. The van der Waals surface area contributed by atoms with Crippen LogP contribution in [0.25, 0.3) is 11.0 Å². The summed E-state index contributed by atoms with van der Waals surface area (Å²) in [6.07, 6.45) is -0.636. The maximum atomic E-state index is 12.0. The van der Waals surface area contributed by atoms with Crippen LogP contribution in [0, 0.1) is 0 Å². The summed E-state index contributed by atoms with van der Waals surface area (Å²) >= 11 is 0. The third-order valence-electron chi connectivity index (χ3n) is 3.16. The highest BCUT2D eigenvalue weighted by Gasteiger charge is 2.11. The second-order valence-electron chi connectivity index (χ2n) is 4.88. The molecule has 0 spiro atoms. The Hall–Kier alpha value is -2.65. The summed E-state index contributed by atoms with van der Waals surface area (Å²) in [5.74, 6) is -0.234. The summed E-state index contributed by atoms with van der Waals surface area (Å²) in [6.45, 7) is 3.99. The molecule has 0 fully saturated rings. The van der Waals surface area contributed by atoms with Crippen LogP contribution >= 0.6 is 0 Å². The molecule has 0 bridgehead atoms. The SMILES string of the molecule is CCOCCOCCOC(=O)c1ccc2nc(NC(=O)OC)[nH]c2c1. The normalized spacial score (nSPS) is 10.6. The van der Waals surface area contributed by atoms with Gasteiger partial charge in [0.05, 0.1) is 43.5 Å². The number of imidazole rings is 1. The summed E-state index contributed by atoms with van der Waals surface area (Å²) in [5, 5.41) is 2.42. The number of ether oxygens (including phenoxy) is 4. The number of anilines is 1. The van der Waals surface area contributed by atoms with E-state index in [1.807, 2.05) is 6.92 Å². The van der Waals surface area contributed by atoms with Gasteiger partial charge in [-0.15, -0.1) is 0 Å². The number of carbonyl (C=O) groups excluding carboxylic acids is 2. The van der Waals surface area contributed by atoms with E-state index < -0.39 is 12.1 Å². The number of aromatic nitrogens is 2. The first-order valence-electron chi connectivity index (χ1n) is 7.81. The highest BCUT2D eigenvalue weighted by molar-refractivity contribution is 5.94. The van der Waals surface area contributed by atoms with Gasteiger partial charge in [0, 0.05) is 6.61 Å². The molecule has 0 aliphatic rings. The Kier molecular flexibility index (Phi) is 7.17. The van der Waals surface area contributed by atoms with Crippen LogP contribution in [-0.2, 0) is 18.9 Å². The largest absolute Gasteiger partial charge is 0.460 e. The minimum atomic E-state index is -0.636. The van der Waals surface area contributed by atoms with E-state index in [0.717, 1.165) is 0 Å². The Labute approximate surface area is 144 Å². The summed E-state index contributed by atoms with van der Waals surface area (Å²) in [7, 11) is 1.26. The van der Waals surface area contributed by atoms with E-state index in [2.05, 4.69) is 20.0 Å². The van der Waals surface area contributed by atoms with Crippen LogP contribution in [0.1, 0.15) is 17.3 Å². The van der Waals surface area contributed by atoms with Gasteiger partial charge >= 0.3 is 12.1 Å². The Bertz CT molecular complexity index is 715. The van der Waals surface area contributed by atoms with E-state index in [1.54, 1.807) is 18.2 Å². The molecule has 25 heavy (non-hydrogen) atoms. The van der Waals surface area contributed by atoms with Gasteiger partial charge in [0.2, 0.25) is 5.95 Å². The third-order valence-corrected chi connectivity index (χ3v) is 3.16. The summed E-state index contributed by atoms with van der Waals surface area (Å²) < 4.78 is 20.0. The molecule has 2 rings (SSSR count). The van der Waals surface area contributed by atoms with Gasteiger partial charge in [0.1, 0.15) is 6.61 Å². The van der Waals surface area contributed by atoms with Gasteiger partial charge in [0.25, 0.3) is 0 Å². The van der Waals surface area contributed by atoms with Crippen LogP contribution in [-0.4, -0.2) is 62.2 Å². The number of nitrogens with one attached hydrogen (secondary N) is 2. The van der Waals surface area contributed by atoms with Crippen molar-refractivity contribution in [3.05, 3.63) is 23.8 Å². The number of esters is 1. The quantitative estimate of drug-likeness (QED) is 0.524. The van der Waals surface area contributed by atoms with Crippen molar-refractivity contribution < 1.29 is 28.5 Å². The molecule has 0 aliphatic carbocycles. The number of aromatic amines is 1. The zero-order valence-corrected chi connectivity index (χ0v) is 14.2. The topological polar surface area (TPSA) is 112 Å². The minimum Gasteiger partial charge on any atom is -0.460 e. The number of hydrogen-bond acceptors (Lipinski definition) is 7. The second kappa shape index (κ2) is 9.60. The van der Waals surface area contributed by atoms with Crippen LogP contribution < -0.4 is 5.32 Å². The van der Waals surface area contributed by atoms with Gasteiger partial charge in [-0.05, 0) is 25.1 Å². The van der Waals surface area contributed by atoms with Crippen LogP contribution in [0.15, 0.2) is 18.2 Å². The highest BCUT2D eigenvalue weighted by Crippen LogP contribution is 2.17. The predicted octanol–water partition coefficient (Wildman–Crippen LogP) is 1.95. The molecule has 1 heterocycles. The highest BCUT2D eigenvalue weighted by atomic mass is 16.6. The molecular formula is C16H21N3O6. The molecule has 1 aromatic carbocycles. The predicted molar refractivity (Wildman–Crippen MR) is 89.7 cm³/mol. The number of amides is 1. The minimum absolute atomic E-state index is 0.154. The lowest BCUT2D eigenvalue weighted by Gasteiger charge is -2.06. The van der Waals surface area contributed by atoms with E-state index in [4.69, 9.17) is 14.2 Å². The molecule has 1 amide bonds. The molecule has 0 saturated carbocycles. The van der Waals surface area contributed by atoms with E-state index in [9.17, 15) is 9.59 Å². The van der Waals surface area contributed by atoms with Gasteiger partial charge in [-0.2, -0.15) is 0 Å².